The first-order chi connectivity index (χ1) is 7.18. The van der Waals surface area contributed by atoms with Crippen LogP contribution in [0.25, 0.3) is 0 Å². The van der Waals surface area contributed by atoms with Gasteiger partial charge in [0, 0.05) is 17.8 Å². The average Bonchev–Trinajstić information content (AvgIpc) is 2.18. The highest BCUT2D eigenvalue weighted by atomic mass is 16.6. The molecule has 4 nitrogen and oxygen atoms in total. The Morgan fingerprint density at radius 2 is 1.73 bits per heavy atom. The van der Waals surface area contributed by atoms with Crippen LogP contribution in [-0.4, -0.2) is 11.5 Å². The molecule has 0 fully saturated rings. The van der Waals surface area contributed by atoms with E-state index in [0.29, 0.717) is 6.42 Å². The zero-order valence-electron chi connectivity index (χ0n) is 9.87. The van der Waals surface area contributed by atoms with Gasteiger partial charge in [-0.15, -0.1) is 0 Å². The Morgan fingerprint density at radius 3 is 2.07 bits per heavy atom. The molecule has 88 valence electrons. The summed E-state index contributed by atoms with van der Waals surface area (Å²) < 4.78 is 0. The van der Waals surface area contributed by atoms with Crippen LogP contribution in [0.15, 0.2) is 0 Å². The molecule has 0 spiro atoms. The number of hydrogen-bond acceptors (Lipinski definition) is 3. The third-order valence-corrected chi connectivity index (χ3v) is 1.80. The summed E-state index contributed by atoms with van der Waals surface area (Å²) in [5.41, 5.74) is 0. The minimum atomic E-state index is -0.319. The van der Waals surface area contributed by atoms with Gasteiger partial charge in [0.15, 0.2) is 0 Å². The van der Waals surface area contributed by atoms with E-state index < -0.39 is 0 Å². The van der Waals surface area contributed by atoms with Gasteiger partial charge in [0.2, 0.25) is 6.54 Å². The van der Waals surface area contributed by atoms with Crippen molar-refractivity contribution >= 4 is 0 Å². The molecular formula is C11H22N2O2. The Hall–Kier alpha value is -1.11. The van der Waals surface area contributed by atoms with Gasteiger partial charge in [0.25, 0.3) is 0 Å². The van der Waals surface area contributed by atoms with Gasteiger partial charge in [-0.1, -0.05) is 39.5 Å². The fraction of sp³-hybridized carbons (Fsp3) is 0.909. The molecule has 0 saturated carbocycles. The molecule has 0 bridgehead atoms. The lowest BCUT2D eigenvalue weighted by Gasteiger charge is -1.92. The van der Waals surface area contributed by atoms with Gasteiger partial charge in [-0.05, 0) is 6.42 Å². The second kappa shape index (κ2) is 15.4. The number of unbranched alkanes of at least 4 members (excludes halogenated alkanes) is 5. The van der Waals surface area contributed by atoms with Crippen molar-refractivity contribution in [3.63, 3.8) is 0 Å². The second-order valence-corrected chi connectivity index (χ2v) is 3.38. The molecule has 0 aromatic heterocycles. The normalized spacial score (nSPS) is 8.60. The molecule has 0 aliphatic rings. The van der Waals surface area contributed by atoms with Crippen LogP contribution < -0.4 is 0 Å². The minimum absolute atomic E-state index is 0.0972. The highest BCUT2D eigenvalue weighted by Crippen LogP contribution is 2.03. The molecule has 0 atom stereocenters. The first kappa shape index (κ1) is 16.3. The van der Waals surface area contributed by atoms with Crippen molar-refractivity contribution in [2.24, 2.45) is 0 Å². The monoisotopic (exact) mass is 214 g/mol. The Balaban J connectivity index is 0. The predicted octanol–water partition coefficient (Wildman–Crippen LogP) is 3.54. The van der Waals surface area contributed by atoms with E-state index in [2.05, 4.69) is 13.0 Å². The van der Waals surface area contributed by atoms with Crippen LogP contribution >= 0.6 is 0 Å². The van der Waals surface area contributed by atoms with Crippen molar-refractivity contribution in [2.45, 2.75) is 58.8 Å². The molecular weight excluding hydrogens is 192 g/mol. The van der Waals surface area contributed by atoms with Crippen LogP contribution in [0.5, 0.6) is 0 Å². The maximum atomic E-state index is 9.40. The van der Waals surface area contributed by atoms with Gasteiger partial charge in [0.05, 0.1) is 6.07 Å². The molecule has 0 radical (unpaired) electrons. The summed E-state index contributed by atoms with van der Waals surface area (Å²) in [6.45, 7) is 4.08. The van der Waals surface area contributed by atoms with E-state index in [1.54, 1.807) is 6.92 Å². The van der Waals surface area contributed by atoms with Crippen LogP contribution in [0.3, 0.4) is 0 Å². The van der Waals surface area contributed by atoms with E-state index >= 15 is 0 Å². The SMILES string of the molecule is CCCCCCCC#N.CCC[N+](=O)[O-]. The summed E-state index contributed by atoms with van der Waals surface area (Å²) in [7, 11) is 0. The van der Waals surface area contributed by atoms with Crippen LogP contribution in [0.2, 0.25) is 0 Å². The second-order valence-electron chi connectivity index (χ2n) is 3.38. The molecule has 0 aromatic rings. The molecule has 0 aliphatic carbocycles. The van der Waals surface area contributed by atoms with Crippen LogP contribution in [0.1, 0.15) is 58.8 Å². The number of nitrogens with zero attached hydrogens (tertiary/aromatic N) is 2. The molecule has 0 amide bonds. The van der Waals surface area contributed by atoms with Crippen molar-refractivity contribution in [1.82, 2.24) is 0 Å². The number of nitriles is 1. The summed E-state index contributed by atoms with van der Waals surface area (Å²) in [5, 5.41) is 17.6. The molecule has 0 aliphatic heterocycles. The lowest BCUT2D eigenvalue weighted by atomic mass is 10.1. The van der Waals surface area contributed by atoms with Crippen molar-refractivity contribution in [3.05, 3.63) is 10.1 Å². The quantitative estimate of drug-likeness (QED) is 0.370. The molecule has 15 heavy (non-hydrogen) atoms. The molecule has 0 saturated heterocycles. The van der Waals surface area contributed by atoms with Crippen LogP contribution in [-0.2, 0) is 0 Å². The van der Waals surface area contributed by atoms with Gasteiger partial charge in [-0.25, -0.2) is 0 Å². The van der Waals surface area contributed by atoms with Gasteiger partial charge in [0.1, 0.15) is 0 Å². The number of rotatable bonds is 7. The molecule has 0 rings (SSSR count). The smallest absolute Gasteiger partial charge is 0.203 e. The van der Waals surface area contributed by atoms with Gasteiger partial charge >= 0.3 is 0 Å². The highest BCUT2D eigenvalue weighted by molar-refractivity contribution is 4.67. The van der Waals surface area contributed by atoms with Gasteiger partial charge in [-0.3, -0.25) is 10.1 Å². The van der Waals surface area contributed by atoms with Crippen molar-refractivity contribution in [1.29, 1.82) is 5.26 Å². The number of nitro groups is 1. The van der Waals surface area contributed by atoms with Crippen molar-refractivity contribution in [2.75, 3.05) is 6.54 Å². The van der Waals surface area contributed by atoms with Crippen LogP contribution in [0, 0.1) is 21.4 Å². The lowest BCUT2D eigenvalue weighted by molar-refractivity contribution is -0.479. The minimum Gasteiger partial charge on any atom is -0.265 e. The lowest BCUT2D eigenvalue weighted by Crippen LogP contribution is -1.96. The zero-order valence-corrected chi connectivity index (χ0v) is 9.87. The highest BCUT2D eigenvalue weighted by Gasteiger charge is 1.86. The Morgan fingerprint density at radius 1 is 1.13 bits per heavy atom. The van der Waals surface area contributed by atoms with Crippen LogP contribution in [0.4, 0.5) is 0 Å². The zero-order chi connectivity index (χ0) is 11.9. The van der Waals surface area contributed by atoms with Crippen molar-refractivity contribution < 1.29 is 4.92 Å². The maximum Gasteiger partial charge on any atom is 0.203 e. The maximum absolute atomic E-state index is 9.40. The van der Waals surface area contributed by atoms with Crippen molar-refractivity contribution in [3.8, 4) is 6.07 Å². The Labute approximate surface area is 92.4 Å². The third kappa shape index (κ3) is 24.6. The summed E-state index contributed by atoms with van der Waals surface area (Å²) in [6.07, 6.45) is 7.62. The van der Waals surface area contributed by atoms with E-state index in [1.165, 1.54) is 25.7 Å². The van der Waals surface area contributed by atoms with E-state index in [-0.39, 0.29) is 11.5 Å². The fourth-order valence-electron chi connectivity index (χ4n) is 0.990. The first-order valence-corrected chi connectivity index (χ1v) is 5.67. The van der Waals surface area contributed by atoms with E-state index in [4.69, 9.17) is 5.26 Å². The average molecular weight is 214 g/mol. The predicted molar refractivity (Wildman–Crippen MR) is 61.1 cm³/mol. The Bertz CT molecular complexity index is 176. The molecule has 0 unspecified atom stereocenters. The largest absolute Gasteiger partial charge is 0.265 e. The summed E-state index contributed by atoms with van der Waals surface area (Å²) in [4.78, 5) is 9.09. The molecule has 0 N–H and O–H groups in total. The van der Waals surface area contributed by atoms with Gasteiger partial charge in [-0.2, -0.15) is 5.26 Å². The van der Waals surface area contributed by atoms with E-state index in [1.807, 2.05) is 0 Å². The topological polar surface area (TPSA) is 66.9 Å². The summed E-state index contributed by atoms with van der Waals surface area (Å²) in [5.74, 6) is 0. The summed E-state index contributed by atoms with van der Waals surface area (Å²) in [6, 6.07) is 2.14. The number of hydrogen-bond donors (Lipinski definition) is 0. The standard InChI is InChI=1S/C8H15N.C3H7NO2/c1-2-3-4-5-6-7-8-9;1-2-3-4(5)6/h2-7H2,1H3;2-3H2,1H3. The van der Waals surface area contributed by atoms with Gasteiger partial charge < -0.3 is 0 Å². The third-order valence-electron chi connectivity index (χ3n) is 1.80. The summed E-state index contributed by atoms with van der Waals surface area (Å²) >= 11 is 0. The first-order valence-electron chi connectivity index (χ1n) is 5.67. The molecule has 4 heteroatoms. The molecule has 0 heterocycles. The fourth-order valence-corrected chi connectivity index (χ4v) is 0.990. The Kier molecular flexibility index (Phi) is 16.7. The molecule has 0 aromatic carbocycles. The van der Waals surface area contributed by atoms with E-state index in [9.17, 15) is 10.1 Å². The van der Waals surface area contributed by atoms with E-state index in [0.717, 1.165) is 12.8 Å².